The number of carbonyl (C=O) groups excluding carboxylic acids is 1. The monoisotopic (exact) mass is 412 g/mol. The fraction of sp³-hybridized carbons (Fsp3) is 0.300. The average molecular weight is 412 g/mol. The Morgan fingerprint density at radius 1 is 1.27 bits per heavy atom. The summed E-state index contributed by atoms with van der Waals surface area (Å²) < 4.78 is 17.5. The molecule has 0 radical (unpaired) electrons. The second-order valence-electron chi connectivity index (χ2n) is 6.63. The topological polar surface area (TPSA) is 125 Å². The first kappa shape index (κ1) is 19.5. The van der Waals surface area contributed by atoms with E-state index in [4.69, 9.17) is 14.2 Å². The third kappa shape index (κ3) is 3.84. The number of hydrogen-bond acceptors (Lipinski definition) is 7. The molecule has 1 aromatic carbocycles. The number of hydrogen-bond donors (Lipinski definition) is 2. The van der Waals surface area contributed by atoms with Gasteiger partial charge in [-0.2, -0.15) is 0 Å². The molecule has 156 valence electrons. The number of fused-ring (bicyclic) bond motifs is 2. The summed E-state index contributed by atoms with van der Waals surface area (Å²) in [5.74, 6) is 1.48. The van der Waals surface area contributed by atoms with Gasteiger partial charge in [0.15, 0.2) is 11.5 Å². The van der Waals surface area contributed by atoms with Crippen molar-refractivity contribution >= 4 is 16.9 Å². The van der Waals surface area contributed by atoms with Crippen LogP contribution in [0.25, 0.3) is 11.0 Å². The van der Waals surface area contributed by atoms with Crippen molar-refractivity contribution in [1.29, 1.82) is 0 Å². The van der Waals surface area contributed by atoms with Gasteiger partial charge in [0.05, 0.1) is 17.5 Å². The van der Waals surface area contributed by atoms with Crippen molar-refractivity contribution in [1.82, 2.24) is 19.9 Å². The second kappa shape index (κ2) is 8.27. The predicted octanol–water partition coefficient (Wildman–Crippen LogP) is 1.03. The zero-order chi connectivity index (χ0) is 21.1. The summed E-state index contributed by atoms with van der Waals surface area (Å²) in [6.45, 7) is 3.00. The molecule has 30 heavy (non-hydrogen) atoms. The molecule has 1 aliphatic rings. The second-order valence-corrected chi connectivity index (χ2v) is 6.63. The molecule has 0 unspecified atom stereocenters. The number of benzene rings is 1. The Morgan fingerprint density at radius 3 is 2.93 bits per heavy atom. The summed E-state index contributed by atoms with van der Waals surface area (Å²) in [5, 5.41) is 2.90. The first-order chi connectivity index (χ1) is 14.6. The van der Waals surface area contributed by atoms with E-state index in [1.54, 1.807) is 18.2 Å². The normalized spacial score (nSPS) is 12.2. The summed E-state index contributed by atoms with van der Waals surface area (Å²) in [6.07, 6.45) is 2.05. The van der Waals surface area contributed by atoms with Gasteiger partial charge in [-0.05, 0) is 24.6 Å². The van der Waals surface area contributed by atoms with Gasteiger partial charge >= 0.3 is 5.69 Å². The quantitative estimate of drug-likeness (QED) is 0.556. The maximum atomic E-state index is 12.4. The standard InChI is InChI=1S/C20H20N4O6/c1-2-6-24-17-14(19(26)23-20(24)27)8-12(10-22-17)18(25)21-5-7-28-13-3-4-15-16(9-13)30-11-29-15/h3-4,8-10H,2,5-7,11H2,1H3,(H,21,25)(H,23,26,27). The van der Waals surface area contributed by atoms with Crippen molar-refractivity contribution in [2.75, 3.05) is 19.9 Å². The largest absolute Gasteiger partial charge is 0.492 e. The smallest absolute Gasteiger partial charge is 0.329 e. The lowest BCUT2D eigenvalue weighted by molar-refractivity contribution is 0.0946. The lowest BCUT2D eigenvalue weighted by atomic mass is 10.2. The molecule has 1 aliphatic heterocycles. The van der Waals surface area contributed by atoms with Crippen LogP contribution in [0.1, 0.15) is 23.7 Å². The van der Waals surface area contributed by atoms with Gasteiger partial charge in [0.2, 0.25) is 6.79 Å². The number of aryl methyl sites for hydroxylation is 1. The van der Waals surface area contributed by atoms with E-state index in [1.807, 2.05) is 6.92 Å². The highest BCUT2D eigenvalue weighted by molar-refractivity contribution is 5.96. The van der Waals surface area contributed by atoms with Crippen LogP contribution in [0.15, 0.2) is 40.1 Å². The number of ether oxygens (including phenoxy) is 3. The summed E-state index contributed by atoms with van der Waals surface area (Å²) in [5.41, 5.74) is -0.610. The summed E-state index contributed by atoms with van der Waals surface area (Å²) >= 11 is 0. The molecule has 2 aromatic heterocycles. The fourth-order valence-corrected chi connectivity index (χ4v) is 3.13. The molecule has 10 nitrogen and oxygen atoms in total. The van der Waals surface area contributed by atoms with Crippen LogP contribution in [-0.2, 0) is 6.54 Å². The number of carbonyl (C=O) groups is 1. The molecule has 0 aliphatic carbocycles. The number of aromatic nitrogens is 3. The minimum atomic E-state index is -0.573. The molecule has 0 atom stereocenters. The van der Waals surface area contributed by atoms with E-state index in [-0.39, 0.29) is 36.5 Å². The van der Waals surface area contributed by atoms with E-state index >= 15 is 0 Å². The first-order valence-electron chi connectivity index (χ1n) is 9.50. The predicted molar refractivity (Wildman–Crippen MR) is 107 cm³/mol. The van der Waals surface area contributed by atoms with Gasteiger partial charge in [0.25, 0.3) is 11.5 Å². The van der Waals surface area contributed by atoms with Crippen LogP contribution in [0.3, 0.4) is 0 Å². The van der Waals surface area contributed by atoms with Crippen LogP contribution in [0.4, 0.5) is 0 Å². The third-order valence-electron chi connectivity index (χ3n) is 4.54. The van der Waals surface area contributed by atoms with Crippen LogP contribution in [0, 0.1) is 0 Å². The minimum Gasteiger partial charge on any atom is -0.492 e. The summed E-state index contributed by atoms with van der Waals surface area (Å²) in [4.78, 5) is 43.0. The lowest BCUT2D eigenvalue weighted by Gasteiger charge is -2.10. The van der Waals surface area contributed by atoms with Crippen molar-refractivity contribution in [3.8, 4) is 17.2 Å². The Bertz CT molecular complexity index is 1220. The van der Waals surface area contributed by atoms with Gasteiger partial charge in [0.1, 0.15) is 18.0 Å². The van der Waals surface area contributed by atoms with E-state index in [2.05, 4.69) is 15.3 Å². The highest BCUT2D eigenvalue weighted by Crippen LogP contribution is 2.34. The van der Waals surface area contributed by atoms with Gasteiger partial charge in [0, 0.05) is 18.8 Å². The van der Waals surface area contributed by atoms with E-state index in [1.165, 1.54) is 16.8 Å². The highest BCUT2D eigenvalue weighted by Gasteiger charge is 2.14. The number of rotatable bonds is 7. The minimum absolute atomic E-state index is 0.187. The van der Waals surface area contributed by atoms with Crippen LogP contribution < -0.4 is 30.8 Å². The number of nitrogens with zero attached hydrogens (tertiary/aromatic N) is 2. The molecule has 3 aromatic rings. The molecule has 0 saturated heterocycles. The zero-order valence-corrected chi connectivity index (χ0v) is 16.3. The maximum absolute atomic E-state index is 12.4. The molecule has 2 N–H and O–H groups in total. The molecule has 1 amide bonds. The van der Waals surface area contributed by atoms with Gasteiger partial charge in [-0.1, -0.05) is 6.92 Å². The molecule has 0 saturated carbocycles. The van der Waals surface area contributed by atoms with Crippen LogP contribution in [0.5, 0.6) is 17.2 Å². The van der Waals surface area contributed by atoms with Crippen molar-refractivity contribution in [3.63, 3.8) is 0 Å². The number of aromatic amines is 1. The number of pyridine rings is 1. The average Bonchev–Trinajstić information content (AvgIpc) is 3.21. The number of H-pyrrole nitrogens is 1. The molecule has 0 spiro atoms. The lowest BCUT2D eigenvalue weighted by Crippen LogP contribution is -2.32. The van der Waals surface area contributed by atoms with Crippen LogP contribution in [-0.4, -0.2) is 40.4 Å². The van der Waals surface area contributed by atoms with E-state index in [9.17, 15) is 14.4 Å². The van der Waals surface area contributed by atoms with E-state index in [0.717, 1.165) is 0 Å². The maximum Gasteiger partial charge on any atom is 0.329 e. The van der Waals surface area contributed by atoms with Crippen LogP contribution in [0.2, 0.25) is 0 Å². The summed E-state index contributed by atoms with van der Waals surface area (Å²) in [6, 6.07) is 6.66. The van der Waals surface area contributed by atoms with Gasteiger partial charge in [-0.3, -0.25) is 19.1 Å². The zero-order valence-electron chi connectivity index (χ0n) is 16.3. The molecule has 0 fully saturated rings. The molecular formula is C20H20N4O6. The third-order valence-corrected chi connectivity index (χ3v) is 4.54. The van der Waals surface area contributed by atoms with E-state index < -0.39 is 17.2 Å². The number of nitrogens with one attached hydrogen (secondary N) is 2. The molecule has 3 heterocycles. The first-order valence-corrected chi connectivity index (χ1v) is 9.50. The SMILES string of the molecule is CCCn1c(=O)[nH]c(=O)c2cc(C(=O)NCCOc3ccc4c(c3)OCO4)cnc21. The van der Waals surface area contributed by atoms with Gasteiger partial charge < -0.3 is 19.5 Å². The molecule has 4 rings (SSSR count). The Labute approximate surface area is 170 Å². The fourth-order valence-electron chi connectivity index (χ4n) is 3.13. The Morgan fingerprint density at radius 2 is 2.10 bits per heavy atom. The van der Waals surface area contributed by atoms with Gasteiger partial charge in [-0.15, -0.1) is 0 Å². The molecule has 10 heteroatoms. The van der Waals surface area contributed by atoms with Crippen molar-refractivity contribution in [3.05, 3.63) is 56.9 Å². The Balaban J connectivity index is 1.41. The van der Waals surface area contributed by atoms with Crippen molar-refractivity contribution < 1.29 is 19.0 Å². The summed E-state index contributed by atoms with van der Waals surface area (Å²) in [7, 11) is 0. The highest BCUT2D eigenvalue weighted by atomic mass is 16.7. The van der Waals surface area contributed by atoms with Gasteiger partial charge in [-0.25, -0.2) is 9.78 Å². The number of amides is 1. The molecular weight excluding hydrogens is 392 g/mol. The van der Waals surface area contributed by atoms with Crippen LogP contribution >= 0.6 is 0 Å². The van der Waals surface area contributed by atoms with E-state index in [0.29, 0.717) is 30.2 Å². The van der Waals surface area contributed by atoms with Crippen molar-refractivity contribution in [2.45, 2.75) is 19.9 Å². The Hall–Kier alpha value is -3.82. The van der Waals surface area contributed by atoms with Crippen molar-refractivity contribution in [2.24, 2.45) is 0 Å². The molecule has 0 bridgehead atoms. The Kier molecular flexibility index (Phi) is 5.38.